The lowest BCUT2D eigenvalue weighted by Crippen LogP contribution is -2.14. The minimum absolute atomic E-state index is 0.173. The number of nitrogens with zero attached hydrogens (tertiary/aromatic N) is 3. The third kappa shape index (κ3) is 4.00. The van der Waals surface area contributed by atoms with Gasteiger partial charge in [-0.1, -0.05) is 54.6 Å². The van der Waals surface area contributed by atoms with Crippen molar-refractivity contribution < 1.29 is 14.3 Å². The van der Waals surface area contributed by atoms with Crippen molar-refractivity contribution in [3.63, 3.8) is 0 Å². The second-order valence-corrected chi connectivity index (χ2v) is 7.11. The molecule has 0 aliphatic rings. The highest BCUT2D eigenvalue weighted by Crippen LogP contribution is 2.27. The molecule has 0 aliphatic heterocycles. The molecule has 4 rings (SSSR count). The van der Waals surface area contributed by atoms with E-state index in [1.54, 1.807) is 6.07 Å². The number of hydrogen-bond donors (Lipinski definition) is 1. The molecule has 32 heavy (non-hydrogen) atoms. The van der Waals surface area contributed by atoms with Crippen LogP contribution in [0.15, 0.2) is 71.7 Å². The fourth-order valence-electron chi connectivity index (χ4n) is 3.73. The summed E-state index contributed by atoms with van der Waals surface area (Å²) in [6, 6.07) is 21.4. The van der Waals surface area contributed by atoms with Crippen molar-refractivity contribution in [2.75, 3.05) is 6.61 Å². The van der Waals surface area contributed by atoms with E-state index in [9.17, 15) is 9.59 Å². The highest BCUT2D eigenvalue weighted by atomic mass is 16.5. The monoisotopic (exact) mass is 426 g/mol. The van der Waals surface area contributed by atoms with Crippen LogP contribution >= 0.6 is 0 Å². The molecule has 7 nitrogen and oxygen atoms in total. The summed E-state index contributed by atoms with van der Waals surface area (Å²) in [4.78, 5) is 30.6. The first kappa shape index (κ1) is 21.0. The normalized spacial score (nSPS) is 11.5. The number of amidine groups is 1. The lowest BCUT2D eigenvalue weighted by atomic mass is 9.98. The van der Waals surface area contributed by atoms with Crippen molar-refractivity contribution in [1.82, 2.24) is 9.55 Å². The van der Waals surface area contributed by atoms with Crippen LogP contribution in [0.2, 0.25) is 0 Å². The minimum Gasteiger partial charge on any atom is -0.465 e. The van der Waals surface area contributed by atoms with Crippen LogP contribution in [0.4, 0.5) is 0 Å². The van der Waals surface area contributed by atoms with Gasteiger partial charge >= 0.3 is 0 Å². The third-order valence-corrected chi connectivity index (χ3v) is 5.16. The molecular weight excluding hydrogens is 404 g/mol. The quantitative estimate of drug-likeness (QED) is 0.262. The number of aromatic nitrogens is 2. The first-order valence-corrected chi connectivity index (χ1v) is 10.2. The third-order valence-electron chi connectivity index (χ3n) is 5.16. The van der Waals surface area contributed by atoms with Gasteiger partial charge in [0.25, 0.3) is 6.01 Å². The van der Waals surface area contributed by atoms with E-state index in [4.69, 9.17) is 10.5 Å². The highest BCUT2D eigenvalue weighted by molar-refractivity contribution is 6.05. The van der Waals surface area contributed by atoms with E-state index in [2.05, 4.69) is 9.98 Å². The van der Waals surface area contributed by atoms with Gasteiger partial charge in [-0.25, -0.2) is 0 Å². The van der Waals surface area contributed by atoms with Gasteiger partial charge in [-0.05, 0) is 35.7 Å². The molecule has 0 saturated heterocycles. The fourth-order valence-corrected chi connectivity index (χ4v) is 3.73. The predicted octanol–water partition coefficient (Wildman–Crippen LogP) is 3.82. The molecular formula is C25H22N4O3. The predicted molar refractivity (Wildman–Crippen MR) is 124 cm³/mol. The Balaban J connectivity index is 1.71. The van der Waals surface area contributed by atoms with E-state index in [0.29, 0.717) is 42.2 Å². The Labute approximate surface area is 185 Å². The van der Waals surface area contributed by atoms with Crippen molar-refractivity contribution in [2.45, 2.75) is 13.5 Å². The maximum atomic E-state index is 11.6. The van der Waals surface area contributed by atoms with Crippen molar-refractivity contribution in [2.24, 2.45) is 10.7 Å². The number of imidazole rings is 1. The zero-order valence-electron chi connectivity index (χ0n) is 17.6. The molecule has 0 fully saturated rings. The van der Waals surface area contributed by atoms with Gasteiger partial charge in [0, 0.05) is 11.1 Å². The van der Waals surface area contributed by atoms with Crippen LogP contribution in [0.3, 0.4) is 0 Å². The van der Waals surface area contributed by atoms with Gasteiger partial charge in [-0.2, -0.15) is 9.98 Å². The first-order chi connectivity index (χ1) is 15.7. The molecule has 160 valence electrons. The van der Waals surface area contributed by atoms with Crippen LogP contribution < -0.4 is 10.5 Å². The summed E-state index contributed by atoms with van der Waals surface area (Å²) in [5.41, 5.74) is 11.5. The number of ether oxygens (including phenoxy) is 1. The topological polar surface area (TPSA) is 99.6 Å². The van der Waals surface area contributed by atoms with E-state index in [0.717, 1.165) is 28.5 Å². The molecule has 1 aromatic heterocycles. The molecule has 0 atom stereocenters. The van der Waals surface area contributed by atoms with Crippen LogP contribution in [0.1, 0.15) is 28.4 Å². The Morgan fingerprint density at radius 3 is 2.56 bits per heavy atom. The van der Waals surface area contributed by atoms with Crippen molar-refractivity contribution in [1.29, 1.82) is 0 Å². The minimum atomic E-state index is 0.173. The summed E-state index contributed by atoms with van der Waals surface area (Å²) >= 11 is 0. The number of nitrogens with two attached hydrogens (primary N) is 1. The molecule has 0 bridgehead atoms. The van der Waals surface area contributed by atoms with Crippen LogP contribution in [0, 0.1) is 0 Å². The second-order valence-electron chi connectivity index (χ2n) is 7.11. The average Bonchev–Trinajstić information content (AvgIpc) is 3.17. The molecule has 0 spiro atoms. The van der Waals surface area contributed by atoms with Crippen molar-refractivity contribution >= 4 is 29.6 Å². The summed E-state index contributed by atoms with van der Waals surface area (Å²) in [7, 11) is 0. The van der Waals surface area contributed by atoms with Gasteiger partial charge in [0.2, 0.25) is 6.41 Å². The molecule has 3 aromatic carbocycles. The smallest absolute Gasteiger partial charge is 0.297 e. The van der Waals surface area contributed by atoms with Gasteiger partial charge in [0.05, 0.1) is 24.2 Å². The van der Waals surface area contributed by atoms with Crippen molar-refractivity contribution in [3.8, 4) is 17.1 Å². The number of rotatable bonds is 8. The summed E-state index contributed by atoms with van der Waals surface area (Å²) < 4.78 is 7.65. The van der Waals surface area contributed by atoms with E-state index in [1.165, 1.54) is 0 Å². The zero-order chi connectivity index (χ0) is 22.5. The van der Waals surface area contributed by atoms with E-state index >= 15 is 0 Å². The Bertz CT molecular complexity index is 1310. The largest absolute Gasteiger partial charge is 0.465 e. The maximum Gasteiger partial charge on any atom is 0.297 e. The van der Waals surface area contributed by atoms with Crippen LogP contribution in [0.5, 0.6) is 6.01 Å². The second kappa shape index (κ2) is 9.26. The van der Waals surface area contributed by atoms with Crippen molar-refractivity contribution in [3.05, 3.63) is 83.4 Å². The van der Waals surface area contributed by atoms with Crippen LogP contribution in [-0.4, -0.2) is 34.7 Å². The van der Waals surface area contributed by atoms with Gasteiger partial charge in [-0.15, -0.1) is 0 Å². The Kier molecular flexibility index (Phi) is 6.07. The number of fused-ring (bicyclic) bond motifs is 1. The van der Waals surface area contributed by atoms with Crippen LogP contribution in [0.25, 0.3) is 22.2 Å². The number of carbonyl (C=O) groups is 2. The highest BCUT2D eigenvalue weighted by Gasteiger charge is 2.15. The lowest BCUT2D eigenvalue weighted by Gasteiger charge is -2.12. The number of aldehydes is 1. The summed E-state index contributed by atoms with van der Waals surface area (Å²) in [6.45, 7) is 2.86. The van der Waals surface area contributed by atoms with Gasteiger partial charge in [0.1, 0.15) is 5.84 Å². The first-order valence-electron chi connectivity index (χ1n) is 10.2. The molecule has 0 unspecified atom stereocenters. The number of carbonyl (C=O) groups excluding carboxylic acids is 2. The summed E-state index contributed by atoms with van der Waals surface area (Å²) in [6.07, 6.45) is 1.27. The van der Waals surface area contributed by atoms with E-state index in [-0.39, 0.29) is 5.84 Å². The SMILES string of the molecule is CCOc1nc2cccc(C=O)c2n1Cc1ccc(-c2ccccc2C(N)=NC=O)cc1. The molecule has 7 heteroatoms. The number of amides is 1. The number of aliphatic imine (C=N–C) groups is 1. The van der Waals surface area contributed by atoms with E-state index < -0.39 is 0 Å². The molecule has 1 heterocycles. The molecule has 2 N–H and O–H groups in total. The Morgan fingerprint density at radius 1 is 1.06 bits per heavy atom. The summed E-state index contributed by atoms with van der Waals surface area (Å²) in [5.74, 6) is 0.173. The summed E-state index contributed by atoms with van der Waals surface area (Å²) in [5, 5.41) is 0. The van der Waals surface area contributed by atoms with Gasteiger partial charge in [0.15, 0.2) is 6.29 Å². The number of benzene rings is 3. The Morgan fingerprint density at radius 2 is 1.84 bits per heavy atom. The molecule has 0 saturated carbocycles. The number of para-hydroxylation sites is 1. The standard InChI is InChI=1S/C25H22N4O3/c1-2-32-25-28-22-9-5-6-19(15-30)23(22)29(25)14-17-10-12-18(13-11-17)20-7-3-4-8-21(20)24(26)27-16-31/h3-13,15-16H,2,14H2,1H3,(H2,26,27,31). The zero-order valence-corrected chi connectivity index (χ0v) is 17.6. The van der Waals surface area contributed by atoms with E-state index in [1.807, 2.05) is 72.2 Å². The molecule has 4 aromatic rings. The number of hydrogen-bond acceptors (Lipinski definition) is 4. The van der Waals surface area contributed by atoms with Crippen LogP contribution in [-0.2, 0) is 11.3 Å². The lowest BCUT2D eigenvalue weighted by molar-refractivity contribution is -0.106. The fraction of sp³-hybridized carbons (Fsp3) is 0.120. The maximum absolute atomic E-state index is 11.6. The molecule has 1 amide bonds. The average molecular weight is 426 g/mol. The Hall–Kier alpha value is -4.26. The molecule has 0 radical (unpaired) electrons. The molecule has 0 aliphatic carbocycles. The van der Waals surface area contributed by atoms with Gasteiger partial charge in [-0.3, -0.25) is 14.2 Å². The van der Waals surface area contributed by atoms with Gasteiger partial charge < -0.3 is 10.5 Å².